The normalized spacial score (nSPS) is 9.61. The van der Waals surface area contributed by atoms with Gasteiger partial charge in [-0.3, -0.25) is 9.59 Å². The quantitative estimate of drug-likeness (QED) is 0.743. The Kier molecular flexibility index (Phi) is 5.60. The van der Waals surface area contributed by atoms with Gasteiger partial charge in [0.05, 0.1) is 11.3 Å². The van der Waals surface area contributed by atoms with Crippen LogP contribution in [0.2, 0.25) is 0 Å². The highest BCUT2D eigenvalue weighted by Crippen LogP contribution is 2.14. The van der Waals surface area contributed by atoms with E-state index in [-0.39, 0.29) is 18.4 Å². The zero-order valence-corrected chi connectivity index (χ0v) is 10.2. The van der Waals surface area contributed by atoms with Gasteiger partial charge in [-0.1, -0.05) is 18.2 Å². The third kappa shape index (κ3) is 4.03. The Labute approximate surface area is 106 Å². The Balaban J connectivity index is 2.81. The Morgan fingerprint density at radius 2 is 2.11 bits per heavy atom. The van der Waals surface area contributed by atoms with E-state index in [2.05, 4.69) is 17.2 Å². The molecule has 0 saturated heterocycles. The van der Waals surface area contributed by atoms with Gasteiger partial charge >= 0.3 is 0 Å². The lowest BCUT2D eigenvalue weighted by Crippen LogP contribution is -2.26. The molecule has 1 aromatic rings. The van der Waals surface area contributed by atoms with Crippen molar-refractivity contribution in [2.45, 2.75) is 0 Å². The molecule has 0 fully saturated rings. The molecule has 0 aliphatic heterocycles. The average molecular weight is 248 g/mol. The summed E-state index contributed by atoms with van der Waals surface area (Å²) in [4.78, 5) is 23.2. The fourth-order valence-corrected chi connectivity index (χ4v) is 1.37. The van der Waals surface area contributed by atoms with Crippen LogP contribution in [0.15, 0.2) is 36.9 Å². The first-order valence-corrected chi connectivity index (χ1v) is 5.46. The van der Waals surface area contributed by atoms with E-state index in [0.29, 0.717) is 17.8 Å². The number of para-hydroxylation sites is 1. The van der Waals surface area contributed by atoms with E-state index in [1.165, 1.54) is 7.11 Å². The maximum Gasteiger partial charge on any atom is 0.253 e. The van der Waals surface area contributed by atoms with Crippen LogP contribution < -0.4 is 10.6 Å². The third-order valence-electron chi connectivity index (χ3n) is 2.13. The molecule has 0 heterocycles. The molecule has 0 unspecified atom stereocenters. The minimum atomic E-state index is -0.304. The van der Waals surface area contributed by atoms with Crippen molar-refractivity contribution in [3.63, 3.8) is 0 Å². The zero-order valence-electron chi connectivity index (χ0n) is 10.2. The standard InChI is InChI=1S/C13H16N2O3/c1-3-8-14-13(17)10-6-4-5-7-11(10)15-12(16)9-18-2/h3-7H,1,8-9H2,2H3,(H,14,17)(H,15,16). The number of benzene rings is 1. The van der Waals surface area contributed by atoms with Crippen molar-refractivity contribution < 1.29 is 14.3 Å². The van der Waals surface area contributed by atoms with Gasteiger partial charge in [-0.05, 0) is 12.1 Å². The summed E-state index contributed by atoms with van der Waals surface area (Å²) < 4.78 is 4.72. The predicted molar refractivity (Wildman–Crippen MR) is 69.5 cm³/mol. The number of methoxy groups -OCH3 is 1. The first kappa shape index (κ1) is 13.9. The van der Waals surface area contributed by atoms with E-state index >= 15 is 0 Å². The number of anilines is 1. The molecule has 5 heteroatoms. The van der Waals surface area contributed by atoms with E-state index in [9.17, 15) is 9.59 Å². The van der Waals surface area contributed by atoms with Crippen molar-refractivity contribution in [2.24, 2.45) is 0 Å². The lowest BCUT2D eigenvalue weighted by molar-refractivity contribution is -0.119. The van der Waals surface area contributed by atoms with Gasteiger partial charge in [0.25, 0.3) is 5.91 Å². The fourth-order valence-electron chi connectivity index (χ4n) is 1.37. The number of hydrogen-bond donors (Lipinski definition) is 2. The highest BCUT2D eigenvalue weighted by Gasteiger charge is 2.11. The van der Waals surface area contributed by atoms with Crippen molar-refractivity contribution in [1.29, 1.82) is 0 Å². The Morgan fingerprint density at radius 3 is 2.78 bits per heavy atom. The van der Waals surface area contributed by atoms with E-state index in [1.807, 2.05) is 0 Å². The summed E-state index contributed by atoms with van der Waals surface area (Å²) in [5, 5.41) is 5.27. The van der Waals surface area contributed by atoms with Crippen LogP contribution in [-0.2, 0) is 9.53 Å². The minimum Gasteiger partial charge on any atom is -0.375 e. The molecular weight excluding hydrogens is 232 g/mol. The fraction of sp³-hybridized carbons (Fsp3) is 0.231. The molecule has 2 amide bonds. The van der Waals surface area contributed by atoms with E-state index in [1.54, 1.807) is 30.3 Å². The summed E-state index contributed by atoms with van der Waals surface area (Å²) in [6, 6.07) is 6.78. The van der Waals surface area contributed by atoms with Crippen LogP contribution >= 0.6 is 0 Å². The van der Waals surface area contributed by atoms with E-state index < -0.39 is 0 Å². The lowest BCUT2D eigenvalue weighted by atomic mass is 10.1. The minimum absolute atomic E-state index is 0.0530. The van der Waals surface area contributed by atoms with Gasteiger partial charge in [-0.25, -0.2) is 0 Å². The first-order chi connectivity index (χ1) is 8.69. The third-order valence-corrected chi connectivity index (χ3v) is 2.13. The Hall–Kier alpha value is -2.14. The Bertz CT molecular complexity index is 444. The smallest absolute Gasteiger partial charge is 0.253 e. The van der Waals surface area contributed by atoms with Crippen LogP contribution in [0.3, 0.4) is 0 Å². The molecule has 96 valence electrons. The predicted octanol–water partition coefficient (Wildman–Crippen LogP) is 1.19. The van der Waals surface area contributed by atoms with Crippen LogP contribution in [-0.4, -0.2) is 32.1 Å². The first-order valence-electron chi connectivity index (χ1n) is 5.46. The molecule has 0 saturated carbocycles. The molecule has 1 rings (SSSR count). The maximum absolute atomic E-state index is 11.8. The molecule has 1 aromatic carbocycles. The van der Waals surface area contributed by atoms with Crippen LogP contribution in [0.5, 0.6) is 0 Å². The zero-order chi connectivity index (χ0) is 13.4. The number of carbonyl (C=O) groups is 2. The second-order valence-corrected chi connectivity index (χ2v) is 3.53. The van der Waals surface area contributed by atoms with Crippen molar-refractivity contribution >= 4 is 17.5 Å². The molecule has 0 aromatic heterocycles. The molecule has 18 heavy (non-hydrogen) atoms. The van der Waals surface area contributed by atoms with Gasteiger partial charge in [-0.2, -0.15) is 0 Å². The van der Waals surface area contributed by atoms with Gasteiger partial charge in [-0.15, -0.1) is 6.58 Å². The lowest BCUT2D eigenvalue weighted by Gasteiger charge is -2.10. The topological polar surface area (TPSA) is 67.4 Å². The molecular formula is C13H16N2O3. The maximum atomic E-state index is 11.8. The van der Waals surface area contributed by atoms with Crippen molar-refractivity contribution in [1.82, 2.24) is 5.32 Å². The van der Waals surface area contributed by atoms with Gasteiger partial charge in [0.15, 0.2) is 0 Å². The summed E-state index contributed by atoms with van der Waals surface area (Å²) in [6.45, 7) is 3.84. The summed E-state index contributed by atoms with van der Waals surface area (Å²) >= 11 is 0. The second kappa shape index (κ2) is 7.24. The van der Waals surface area contributed by atoms with Gasteiger partial charge < -0.3 is 15.4 Å². The summed E-state index contributed by atoms with van der Waals surface area (Å²) in [5.74, 6) is -0.565. The highest BCUT2D eigenvalue weighted by molar-refractivity contribution is 6.03. The molecule has 2 N–H and O–H groups in total. The van der Waals surface area contributed by atoms with Gasteiger partial charge in [0.1, 0.15) is 6.61 Å². The largest absolute Gasteiger partial charge is 0.375 e. The van der Waals surface area contributed by atoms with E-state index in [4.69, 9.17) is 4.74 Å². The van der Waals surface area contributed by atoms with Crippen LogP contribution in [0, 0.1) is 0 Å². The molecule has 0 atom stereocenters. The SMILES string of the molecule is C=CCNC(=O)c1ccccc1NC(=O)COC. The Morgan fingerprint density at radius 1 is 1.39 bits per heavy atom. The average Bonchev–Trinajstić information content (AvgIpc) is 2.37. The number of nitrogens with one attached hydrogen (secondary N) is 2. The van der Waals surface area contributed by atoms with Gasteiger partial charge in [0, 0.05) is 13.7 Å². The molecule has 0 radical (unpaired) electrons. The number of amides is 2. The van der Waals surface area contributed by atoms with E-state index in [0.717, 1.165) is 0 Å². The number of hydrogen-bond acceptors (Lipinski definition) is 3. The monoisotopic (exact) mass is 248 g/mol. The summed E-state index contributed by atoms with van der Waals surface area (Å²) in [5.41, 5.74) is 0.866. The number of ether oxygens (including phenoxy) is 1. The molecule has 0 bridgehead atoms. The van der Waals surface area contributed by atoms with Gasteiger partial charge in [0.2, 0.25) is 5.91 Å². The molecule has 5 nitrogen and oxygen atoms in total. The molecule has 0 aliphatic rings. The van der Waals surface area contributed by atoms with Crippen molar-refractivity contribution in [3.8, 4) is 0 Å². The molecule has 0 aliphatic carbocycles. The molecule has 0 spiro atoms. The van der Waals surface area contributed by atoms with Crippen LogP contribution in [0.25, 0.3) is 0 Å². The second-order valence-electron chi connectivity index (χ2n) is 3.53. The summed E-state index contributed by atoms with van der Waals surface area (Å²) in [7, 11) is 1.43. The van der Waals surface area contributed by atoms with Crippen molar-refractivity contribution in [2.75, 3.05) is 25.6 Å². The highest BCUT2D eigenvalue weighted by atomic mass is 16.5. The summed E-state index contributed by atoms with van der Waals surface area (Å²) in [6.07, 6.45) is 1.59. The van der Waals surface area contributed by atoms with Crippen molar-refractivity contribution in [3.05, 3.63) is 42.5 Å². The number of carbonyl (C=O) groups excluding carboxylic acids is 2. The van der Waals surface area contributed by atoms with Crippen LogP contribution in [0.1, 0.15) is 10.4 Å². The number of rotatable bonds is 6. The van der Waals surface area contributed by atoms with Crippen LogP contribution in [0.4, 0.5) is 5.69 Å².